The molecule has 3 amide bonds. The average molecular weight is 441 g/mol. The Morgan fingerprint density at radius 3 is 2.83 bits per heavy atom. The second-order valence-electron chi connectivity index (χ2n) is 7.03. The van der Waals surface area contributed by atoms with Gasteiger partial charge in [0, 0.05) is 24.9 Å². The summed E-state index contributed by atoms with van der Waals surface area (Å²) >= 11 is 1.54. The monoisotopic (exact) mass is 440 g/mol. The summed E-state index contributed by atoms with van der Waals surface area (Å²) in [6.45, 7) is -0.137. The highest BCUT2D eigenvalue weighted by Gasteiger charge is 2.37. The number of aromatic amines is 1. The molecule has 3 unspecified atom stereocenters. The van der Waals surface area contributed by atoms with Crippen molar-refractivity contribution in [2.45, 2.75) is 43.8 Å². The summed E-state index contributed by atoms with van der Waals surface area (Å²) in [5.41, 5.74) is 6.68. The summed E-state index contributed by atoms with van der Waals surface area (Å²) in [7, 11) is 0. The molecule has 0 aliphatic carbocycles. The van der Waals surface area contributed by atoms with E-state index in [2.05, 4.69) is 20.6 Å². The lowest BCUT2D eigenvalue weighted by Crippen LogP contribution is -2.56. The summed E-state index contributed by atoms with van der Waals surface area (Å²) in [5, 5.41) is 13.8. The van der Waals surface area contributed by atoms with Gasteiger partial charge in [-0.3, -0.25) is 19.2 Å². The molecule has 1 saturated heterocycles. The molecular weight excluding hydrogens is 412 g/mol. The normalized spacial score (nSPS) is 17.9. The maximum absolute atomic E-state index is 13.1. The van der Waals surface area contributed by atoms with Gasteiger partial charge in [-0.15, -0.1) is 0 Å². The Morgan fingerprint density at radius 2 is 2.20 bits per heavy atom. The molecule has 11 nitrogen and oxygen atoms in total. The highest BCUT2D eigenvalue weighted by molar-refractivity contribution is 7.98. The van der Waals surface area contributed by atoms with Crippen molar-refractivity contribution in [1.29, 1.82) is 0 Å². The number of likely N-dealkylation sites (tertiary alicyclic amines) is 1. The van der Waals surface area contributed by atoms with E-state index in [1.165, 1.54) is 23.0 Å². The smallest absolute Gasteiger partial charge is 0.322 e. The zero-order valence-electron chi connectivity index (χ0n) is 16.8. The van der Waals surface area contributed by atoms with Crippen molar-refractivity contribution in [1.82, 2.24) is 25.5 Å². The molecule has 0 radical (unpaired) electrons. The molecule has 0 saturated carbocycles. The molecule has 12 heteroatoms. The maximum Gasteiger partial charge on any atom is 0.322 e. The predicted molar refractivity (Wildman–Crippen MR) is 111 cm³/mol. The molecule has 1 fully saturated rings. The van der Waals surface area contributed by atoms with Crippen LogP contribution < -0.4 is 16.4 Å². The largest absolute Gasteiger partial charge is 0.480 e. The van der Waals surface area contributed by atoms with Crippen LogP contribution in [0.1, 0.15) is 25.0 Å². The molecule has 0 aromatic carbocycles. The average Bonchev–Trinajstić information content (AvgIpc) is 3.40. The Hall–Kier alpha value is -2.60. The van der Waals surface area contributed by atoms with E-state index in [9.17, 15) is 19.2 Å². The molecule has 1 aliphatic rings. The van der Waals surface area contributed by atoms with Crippen LogP contribution in [0.15, 0.2) is 12.5 Å². The summed E-state index contributed by atoms with van der Waals surface area (Å²) in [6, 6.07) is -2.42. The van der Waals surface area contributed by atoms with Crippen LogP contribution in [0.3, 0.4) is 0 Å². The van der Waals surface area contributed by atoms with E-state index in [-0.39, 0.29) is 12.3 Å². The summed E-state index contributed by atoms with van der Waals surface area (Å²) < 4.78 is 0. The zero-order valence-corrected chi connectivity index (χ0v) is 17.6. The van der Waals surface area contributed by atoms with E-state index in [4.69, 9.17) is 10.8 Å². The van der Waals surface area contributed by atoms with Gasteiger partial charge in [0.15, 0.2) is 0 Å². The summed E-state index contributed by atoms with van der Waals surface area (Å²) in [4.78, 5) is 56.9. The van der Waals surface area contributed by atoms with Crippen LogP contribution in [-0.2, 0) is 25.6 Å². The number of nitrogens with one attached hydrogen (secondary N) is 3. The first kappa shape index (κ1) is 23.7. The van der Waals surface area contributed by atoms with Gasteiger partial charge in [0.2, 0.25) is 17.7 Å². The Balaban J connectivity index is 2.03. The van der Waals surface area contributed by atoms with Gasteiger partial charge in [-0.1, -0.05) is 0 Å². The van der Waals surface area contributed by atoms with E-state index in [0.717, 1.165) is 0 Å². The Bertz CT molecular complexity index is 743. The molecule has 1 aliphatic heterocycles. The number of amides is 3. The van der Waals surface area contributed by atoms with Crippen LogP contribution in [0.5, 0.6) is 0 Å². The minimum absolute atomic E-state index is 0.249. The minimum atomic E-state index is -1.16. The first-order chi connectivity index (χ1) is 14.3. The lowest BCUT2D eigenvalue weighted by Gasteiger charge is -2.29. The molecule has 6 N–H and O–H groups in total. The fourth-order valence-corrected chi connectivity index (χ4v) is 3.75. The molecule has 166 valence electrons. The number of nitrogens with two attached hydrogens (primary N) is 1. The number of carboxylic acids is 1. The number of rotatable bonds is 11. The van der Waals surface area contributed by atoms with Gasteiger partial charge in [-0.05, 0) is 31.3 Å². The first-order valence-corrected chi connectivity index (χ1v) is 11.0. The van der Waals surface area contributed by atoms with Gasteiger partial charge < -0.3 is 31.4 Å². The van der Waals surface area contributed by atoms with E-state index in [0.29, 0.717) is 37.3 Å². The number of carboxylic acid groups (broad SMARTS) is 1. The molecule has 30 heavy (non-hydrogen) atoms. The molecule has 1 aromatic rings. The Kier molecular flexibility index (Phi) is 9.12. The van der Waals surface area contributed by atoms with Crippen LogP contribution in [0, 0.1) is 0 Å². The third-order valence-corrected chi connectivity index (χ3v) is 5.45. The van der Waals surface area contributed by atoms with Crippen molar-refractivity contribution in [2.24, 2.45) is 5.73 Å². The van der Waals surface area contributed by atoms with Gasteiger partial charge >= 0.3 is 5.97 Å². The van der Waals surface area contributed by atoms with Crippen LogP contribution in [-0.4, -0.2) is 86.9 Å². The van der Waals surface area contributed by atoms with Gasteiger partial charge in [-0.25, -0.2) is 4.98 Å². The highest BCUT2D eigenvalue weighted by atomic mass is 32.2. The van der Waals surface area contributed by atoms with Crippen LogP contribution in [0.2, 0.25) is 0 Å². The standard InChI is InChI=1S/C18H28N6O5S/c1-30-6-4-13(23-16(27)12(19)7-11-8-20-10-22-11)18(29)24-5-2-3-14(24)17(28)21-9-15(25)26/h8,10,12-14H,2-7,9,19H2,1H3,(H,20,22)(H,21,28)(H,23,27)(H,25,26). The van der Waals surface area contributed by atoms with Crippen molar-refractivity contribution < 1.29 is 24.3 Å². The minimum Gasteiger partial charge on any atom is -0.480 e. The van der Waals surface area contributed by atoms with E-state index < -0.39 is 42.5 Å². The summed E-state index contributed by atoms with van der Waals surface area (Å²) in [6.07, 6.45) is 6.67. The van der Waals surface area contributed by atoms with Crippen LogP contribution in [0.4, 0.5) is 0 Å². The molecule has 3 atom stereocenters. The molecule has 2 heterocycles. The number of H-pyrrole nitrogens is 1. The number of carbonyl (C=O) groups excluding carboxylic acids is 3. The fraction of sp³-hybridized carbons (Fsp3) is 0.611. The van der Waals surface area contributed by atoms with Gasteiger partial charge in [0.1, 0.15) is 18.6 Å². The van der Waals surface area contributed by atoms with Crippen molar-refractivity contribution in [3.63, 3.8) is 0 Å². The number of hydrogen-bond acceptors (Lipinski definition) is 7. The topological polar surface area (TPSA) is 171 Å². The number of carbonyl (C=O) groups is 4. The van der Waals surface area contributed by atoms with Gasteiger partial charge in [-0.2, -0.15) is 11.8 Å². The van der Waals surface area contributed by atoms with Crippen molar-refractivity contribution in [3.8, 4) is 0 Å². The zero-order chi connectivity index (χ0) is 22.1. The van der Waals surface area contributed by atoms with E-state index in [1.807, 2.05) is 6.26 Å². The van der Waals surface area contributed by atoms with E-state index in [1.54, 1.807) is 6.20 Å². The third-order valence-electron chi connectivity index (χ3n) is 4.81. The number of hydrogen-bond donors (Lipinski definition) is 5. The summed E-state index contributed by atoms with van der Waals surface area (Å²) in [5.74, 6) is -1.85. The van der Waals surface area contributed by atoms with Crippen molar-refractivity contribution in [2.75, 3.05) is 25.1 Å². The predicted octanol–water partition coefficient (Wildman–Crippen LogP) is -1.29. The maximum atomic E-state index is 13.1. The van der Waals surface area contributed by atoms with Gasteiger partial charge in [0.25, 0.3) is 0 Å². The van der Waals surface area contributed by atoms with E-state index >= 15 is 0 Å². The second kappa shape index (κ2) is 11.6. The number of imidazole rings is 1. The number of nitrogens with zero attached hydrogens (tertiary/aromatic N) is 2. The van der Waals surface area contributed by atoms with Crippen LogP contribution >= 0.6 is 11.8 Å². The Morgan fingerprint density at radius 1 is 1.43 bits per heavy atom. The molecule has 2 rings (SSSR count). The third kappa shape index (κ3) is 6.73. The molecule has 0 bridgehead atoms. The van der Waals surface area contributed by atoms with Crippen molar-refractivity contribution in [3.05, 3.63) is 18.2 Å². The SMILES string of the molecule is CSCCC(NC(=O)C(N)Cc1cnc[nH]1)C(=O)N1CCCC1C(=O)NCC(=O)O. The number of aromatic nitrogens is 2. The number of thioether (sulfide) groups is 1. The van der Waals surface area contributed by atoms with Gasteiger partial charge in [0.05, 0.1) is 12.4 Å². The fourth-order valence-electron chi connectivity index (χ4n) is 3.28. The number of aliphatic carboxylic acids is 1. The van der Waals surface area contributed by atoms with Crippen molar-refractivity contribution >= 4 is 35.5 Å². The molecule has 1 aromatic heterocycles. The molecule has 0 spiro atoms. The first-order valence-electron chi connectivity index (χ1n) is 9.65. The quantitative estimate of drug-likeness (QED) is 0.283. The lowest BCUT2D eigenvalue weighted by molar-refractivity contribution is -0.142. The lowest BCUT2D eigenvalue weighted by atomic mass is 10.1. The second-order valence-corrected chi connectivity index (χ2v) is 8.02. The molecular formula is C18H28N6O5S. The highest BCUT2D eigenvalue weighted by Crippen LogP contribution is 2.20. The van der Waals surface area contributed by atoms with Crippen LogP contribution in [0.25, 0.3) is 0 Å². The Labute approximate surface area is 178 Å².